The number of nitrogens with one attached hydrogen (secondary N) is 2. The normalized spacial score (nSPS) is 13.6. The van der Waals surface area contributed by atoms with E-state index in [0.717, 1.165) is 16.5 Å². The van der Waals surface area contributed by atoms with E-state index in [0.29, 0.717) is 36.6 Å². The summed E-state index contributed by atoms with van der Waals surface area (Å²) in [7, 11) is 1.57. The van der Waals surface area contributed by atoms with Gasteiger partial charge in [0.2, 0.25) is 5.91 Å². The van der Waals surface area contributed by atoms with E-state index in [1.807, 2.05) is 24.3 Å². The number of ether oxygens (including phenoxy) is 1. The summed E-state index contributed by atoms with van der Waals surface area (Å²) in [5, 5.41) is 5.62. The van der Waals surface area contributed by atoms with E-state index < -0.39 is 0 Å². The molecule has 0 spiro atoms. The lowest BCUT2D eigenvalue weighted by molar-refractivity contribution is -0.117. The molecule has 1 aliphatic rings. The number of urea groups is 1. The fraction of sp³-hybridized carbons (Fsp3) is 0.263. The molecule has 0 bridgehead atoms. The number of carbonyl (C=O) groups is 2. The topological polar surface area (TPSA) is 70.7 Å². The molecule has 6 nitrogen and oxygen atoms in total. The van der Waals surface area contributed by atoms with Crippen molar-refractivity contribution < 1.29 is 14.3 Å². The molecule has 3 rings (SSSR count). The first-order valence-corrected chi connectivity index (χ1v) is 9.14. The number of carbonyl (C=O) groups excluding carboxylic acids is 2. The molecule has 0 aromatic heterocycles. The highest BCUT2D eigenvalue weighted by atomic mass is 79.9. The van der Waals surface area contributed by atoms with Crippen LogP contribution in [0.25, 0.3) is 0 Å². The smallest absolute Gasteiger partial charge is 0.319 e. The summed E-state index contributed by atoms with van der Waals surface area (Å²) in [6.45, 7) is 1.08. The Hall–Kier alpha value is -2.54. The van der Waals surface area contributed by atoms with Crippen LogP contribution < -0.4 is 20.3 Å². The van der Waals surface area contributed by atoms with E-state index in [1.54, 1.807) is 30.2 Å². The summed E-state index contributed by atoms with van der Waals surface area (Å²) in [5.74, 6) is 0.682. The van der Waals surface area contributed by atoms with Crippen molar-refractivity contribution in [3.63, 3.8) is 0 Å². The fourth-order valence-corrected chi connectivity index (χ4v) is 3.11. The van der Waals surface area contributed by atoms with Gasteiger partial charge in [0.05, 0.1) is 12.8 Å². The SMILES string of the molecule is COc1ccc(NC(=O)NCc2ccc(Br)cc2)cc1N1CCCC1=O. The minimum absolute atomic E-state index is 0.0696. The molecule has 0 radical (unpaired) electrons. The molecular weight excluding hydrogens is 398 g/mol. The molecule has 0 unspecified atom stereocenters. The van der Waals surface area contributed by atoms with Crippen molar-refractivity contribution in [2.24, 2.45) is 0 Å². The molecule has 2 aromatic carbocycles. The van der Waals surface area contributed by atoms with Gasteiger partial charge in [-0.15, -0.1) is 0 Å². The first kappa shape index (κ1) is 18.3. The lowest BCUT2D eigenvalue weighted by Gasteiger charge is -2.20. The van der Waals surface area contributed by atoms with E-state index in [1.165, 1.54) is 0 Å². The van der Waals surface area contributed by atoms with Gasteiger partial charge < -0.3 is 20.3 Å². The van der Waals surface area contributed by atoms with Crippen LogP contribution in [0.2, 0.25) is 0 Å². The molecule has 136 valence electrons. The molecule has 0 saturated carbocycles. The van der Waals surface area contributed by atoms with Gasteiger partial charge in [0.1, 0.15) is 5.75 Å². The lowest BCUT2D eigenvalue weighted by atomic mass is 10.2. The molecule has 7 heteroatoms. The van der Waals surface area contributed by atoms with Crippen LogP contribution >= 0.6 is 15.9 Å². The molecule has 1 heterocycles. The van der Waals surface area contributed by atoms with Gasteiger partial charge in [0, 0.05) is 29.7 Å². The lowest BCUT2D eigenvalue weighted by Crippen LogP contribution is -2.28. The van der Waals surface area contributed by atoms with Crippen LogP contribution in [0.1, 0.15) is 18.4 Å². The number of hydrogen-bond donors (Lipinski definition) is 2. The molecule has 3 amide bonds. The Labute approximate surface area is 160 Å². The van der Waals surface area contributed by atoms with Gasteiger partial charge in [0.15, 0.2) is 0 Å². The molecule has 1 aliphatic heterocycles. The van der Waals surface area contributed by atoms with Gasteiger partial charge in [-0.05, 0) is 42.3 Å². The number of rotatable bonds is 5. The Morgan fingerprint density at radius 1 is 1.23 bits per heavy atom. The first-order chi connectivity index (χ1) is 12.6. The van der Waals surface area contributed by atoms with Crippen LogP contribution in [0, 0.1) is 0 Å². The van der Waals surface area contributed by atoms with Gasteiger partial charge in [-0.3, -0.25) is 4.79 Å². The van der Waals surface area contributed by atoms with Crippen LogP contribution in [0.15, 0.2) is 46.9 Å². The van der Waals surface area contributed by atoms with Crippen molar-refractivity contribution in [3.8, 4) is 5.75 Å². The summed E-state index contributed by atoms with van der Waals surface area (Å²) in [6, 6.07) is 12.7. The minimum atomic E-state index is -0.309. The zero-order valence-corrected chi connectivity index (χ0v) is 16.0. The number of methoxy groups -OCH3 is 1. The number of anilines is 2. The highest BCUT2D eigenvalue weighted by Crippen LogP contribution is 2.33. The number of hydrogen-bond acceptors (Lipinski definition) is 3. The van der Waals surface area contributed by atoms with Crippen molar-refractivity contribution in [1.29, 1.82) is 0 Å². The Morgan fingerprint density at radius 3 is 2.65 bits per heavy atom. The van der Waals surface area contributed by atoms with Crippen molar-refractivity contribution in [1.82, 2.24) is 5.32 Å². The van der Waals surface area contributed by atoms with Crippen LogP contribution in [0.3, 0.4) is 0 Å². The highest BCUT2D eigenvalue weighted by Gasteiger charge is 2.24. The minimum Gasteiger partial charge on any atom is -0.495 e. The second-order valence-electron chi connectivity index (χ2n) is 5.97. The predicted molar refractivity (Wildman–Crippen MR) is 105 cm³/mol. The Bertz CT molecular complexity index is 808. The van der Waals surface area contributed by atoms with Gasteiger partial charge in [-0.1, -0.05) is 28.1 Å². The number of amides is 3. The van der Waals surface area contributed by atoms with Crippen molar-refractivity contribution >= 4 is 39.2 Å². The summed E-state index contributed by atoms with van der Waals surface area (Å²) >= 11 is 3.38. The monoisotopic (exact) mass is 417 g/mol. The molecule has 26 heavy (non-hydrogen) atoms. The van der Waals surface area contributed by atoms with E-state index in [4.69, 9.17) is 4.74 Å². The predicted octanol–water partition coefficient (Wildman–Crippen LogP) is 3.91. The summed E-state index contributed by atoms with van der Waals surface area (Å²) < 4.78 is 6.35. The van der Waals surface area contributed by atoms with E-state index in [2.05, 4.69) is 26.6 Å². The van der Waals surface area contributed by atoms with Crippen LogP contribution in [-0.2, 0) is 11.3 Å². The van der Waals surface area contributed by atoms with E-state index in [9.17, 15) is 9.59 Å². The third kappa shape index (κ3) is 4.35. The molecule has 1 saturated heterocycles. The largest absolute Gasteiger partial charge is 0.495 e. The Balaban J connectivity index is 1.66. The van der Waals surface area contributed by atoms with Crippen LogP contribution in [0.5, 0.6) is 5.75 Å². The second kappa shape index (κ2) is 8.23. The quantitative estimate of drug-likeness (QED) is 0.774. The van der Waals surface area contributed by atoms with Crippen molar-refractivity contribution in [3.05, 3.63) is 52.5 Å². The van der Waals surface area contributed by atoms with Crippen LogP contribution in [-0.4, -0.2) is 25.6 Å². The molecular formula is C19H20BrN3O3. The maximum atomic E-state index is 12.2. The number of nitrogens with zero attached hydrogens (tertiary/aromatic N) is 1. The Kier molecular flexibility index (Phi) is 5.78. The van der Waals surface area contributed by atoms with Crippen LogP contribution in [0.4, 0.5) is 16.2 Å². The van der Waals surface area contributed by atoms with Crippen molar-refractivity contribution in [2.45, 2.75) is 19.4 Å². The summed E-state index contributed by atoms with van der Waals surface area (Å²) in [5.41, 5.74) is 2.29. The Morgan fingerprint density at radius 2 is 2.00 bits per heavy atom. The van der Waals surface area contributed by atoms with Gasteiger partial charge in [0.25, 0.3) is 0 Å². The summed E-state index contributed by atoms with van der Waals surface area (Å²) in [6.07, 6.45) is 1.36. The van der Waals surface area contributed by atoms with Gasteiger partial charge >= 0.3 is 6.03 Å². The molecule has 0 aliphatic carbocycles. The molecule has 0 atom stereocenters. The van der Waals surface area contributed by atoms with Gasteiger partial charge in [-0.2, -0.15) is 0 Å². The zero-order valence-electron chi connectivity index (χ0n) is 14.4. The third-order valence-corrected chi connectivity index (χ3v) is 4.70. The van der Waals surface area contributed by atoms with E-state index in [-0.39, 0.29) is 11.9 Å². The standard InChI is InChI=1S/C19H20BrN3O3/c1-26-17-9-8-15(11-16(17)23-10-2-3-18(23)24)22-19(25)21-12-13-4-6-14(20)7-5-13/h4-9,11H,2-3,10,12H2,1H3,(H2,21,22,25). The summed E-state index contributed by atoms with van der Waals surface area (Å²) in [4.78, 5) is 25.9. The number of halogens is 1. The third-order valence-electron chi connectivity index (χ3n) is 4.17. The maximum absolute atomic E-state index is 12.2. The second-order valence-corrected chi connectivity index (χ2v) is 6.89. The first-order valence-electron chi connectivity index (χ1n) is 8.34. The zero-order chi connectivity index (χ0) is 18.5. The average Bonchev–Trinajstić information content (AvgIpc) is 3.07. The number of benzene rings is 2. The average molecular weight is 418 g/mol. The maximum Gasteiger partial charge on any atom is 0.319 e. The van der Waals surface area contributed by atoms with E-state index >= 15 is 0 Å². The molecule has 1 fully saturated rings. The molecule has 2 aromatic rings. The highest BCUT2D eigenvalue weighted by molar-refractivity contribution is 9.10. The fourth-order valence-electron chi connectivity index (χ4n) is 2.84. The molecule has 2 N–H and O–H groups in total. The van der Waals surface area contributed by atoms with Gasteiger partial charge in [-0.25, -0.2) is 4.79 Å². The van der Waals surface area contributed by atoms with Crippen molar-refractivity contribution in [2.75, 3.05) is 23.9 Å².